The van der Waals surface area contributed by atoms with E-state index in [0.29, 0.717) is 23.1 Å². The monoisotopic (exact) mass is 458 g/mol. The Morgan fingerprint density at radius 2 is 2.09 bits per heavy atom. The molecule has 3 heterocycles. The normalized spacial score (nSPS) is 11.2. The molecule has 10 heteroatoms. The van der Waals surface area contributed by atoms with E-state index in [-0.39, 0.29) is 11.5 Å². The Morgan fingerprint density at radius 3 is 2.85 bits per heavy atom. The molecule has 0 aliphatic carbocycles. The number of H-pyrrole nitrogens is 1. The molecule has 0 aliphatic rings. The third-order valence-electron chi connectivity index (χ3n) is 5.20. The molecule has 1 aromatic carbocycles. The number of hydrogen-bond donors (Lipinski definition) is 1. The van der Waals surface area contributed by atoms with Crippen molar-refractivity contribution in [2.75, 3.05) is 7.05 Å². The number of amides is 1. The molecule has 0 atom stereocenters. The van der Waals surface area contributed by atoms with Gasteiger partial charge in [0, 0.05) is 16.6 Å². The fourth-order valence-corrected chi connectivity index (χ4v) is 4.69. The van der Waals surface area contributed by atoms with E-state index in [9.17, 15) is 14.4 Å². The molecular formula is C23H19BN4O4S. The second kappa shape index (κ2) is 9.29. The van der Waals surface area contributed by atoms with Crippen molar-refractivity contribution in [1.29, 1.82) is 0 Å². The van der Waals surface area contributed by atoms with Crippen molar-refractivity contribution in [3.8, 4) is 0 Å². The van der Waals surface area contributed by atoms with Crippen LogP contribution in [0.2, 0.25) is 0 Å². The van der Waals surface area contributed by atoms with Crippen LogP contribution in [0.15, 0.2) is 58.5 Å². The molecule has 33 heavy (non-hydrogen) atoms. The van der Waals surface area contributed by atoms with Gasteiger partial charge in [0.1, 0.15) is 0 Å². The zero-order valence-electron chi connectivity index (χ0n) is 18.0. The fraction of sp³-hybridized carbons (Fsp3) is 0.130. The third kappa shape index (κ3) is 4.65. The van der Waals surface area contributed by atoms with Crippen LogP contribution in [0, 0.1) is 6.92 Å². The molecule has 1 N–H and O–H groups in total. The number of aromatic amines is 1. The van der Waals surface area contributed by atoms with Crippen LogP contribution < -0.4 is 5.56 Å². The van der Waals surface area contributed by atoms with Crippen LogP contribution in [0.25, 0.3) is 27.2 Å². The SMILES string of the molecule is B=NOC(=O)c1cc2cc(/C=C/C(=O)N(C)Cc3sc4ccccc4c3C)cnc2[nH]c1=O. The number of pyridine rings is 2. The number of fused-ring (bicyclic) bond motifs is 2. The molecule has 4 aromatic rings. The van der Waals surface area contributed by atoms with E-state index in [4.69, 9.17) is 0 Å². The minimum atomic E-state index is -0.914. The van der Waals surface area contributed by atoms with Gasteiger partial charge in [-0.1, -0.05) is 18.2 Å². The number of aryl methyl sites for hydroxylation is 1. The number of likely N-dealkylation sites (N-methyl/N-ethyl adjacent to an activating group) is 1. The Balaban J connectivity index is 1.52. The second-order valence-electron chi connectivity index (χ2n) is 7.40. The predicted molar refractivity (Wildman–Crippen MR) is 129 cm³/mol. The van der Waals surface area contributed by atoms with Gasteiger partial charge in [-0.3, -0.25) is 0 Å². The van der Waals surface area contributed by atoms with E-state index in [0.717, 1.165) is 4.88 Å². The Morgan fingerprint density at radius 1 is 1.30 bits per heavy atom. The number of thiophene rings is 1. The number of hydrogen-bond acceptors (Lipinski definition) is 7. The Hall–Kier alpha value is -3.92. The van der Waals surface area contributed by atoms with Gasteiger partial charge in [-0.25, -0.2) is 0 Å². The summed E-state index contributed by atoms with van der Waals surface area (Å²) in [5, 5.41) is 4.76. The van der Waals surface area contributed by atoms with Crippen molar-refractivity contribution in [2.24, 2.45) is 5.06 Å². The summed E-state index contributed by atoms with van der Waals surface area (Å²) in [5.74, 6) is -1.07. The summed E-state index contributed by atoms with van der Waals surface area (Å²) in [5.41, 5.74) is 1.28. The molecule has 0 aliphatic heterocycles. The molecule has 0 saturated heterocycles. The van der Waals surface area contributed by atoms with Crippen LogP contribution >= 0.6 is 11.3 Å². The summed E-state index contributed by atoms with van der Waals surface area (Å²) in [6, 6.07) is 11.3. The van der Waals surface area contributed by atoms with Crippen LogP contribution in [-0.4, -0.2) is 41.4 Å². The fourth-order valence-electron chi connectivity index (χ4n) is 3.42. The van der Waals surface area contributed by atoms with Gasteiger partial charge in [-0.2, -0.15) is 0 Å². The summed E-state index contributed by atoms with van der Waals surface area (Å²) < 4.78 is 1.20. The van der Waals surface area contributed by atoms with E-state index in [2.05, 4.69) is 46.6 Å². The van der Waals surface area contributed by atoms with Crippen molar-refractivity contribution in [1.82, 2.24) is 14.9 Å². The first-order valence-corrected chi connectivity index (χ1v) is 10.8. The van der Waals surface area contributed by atoms with Crippen LogP contribution in [0.1, 0.15) is 26.4 Å². The summed E-state index contributed by atoms with van der Waals surface area (Å²) in [6.45, 7) is 2.58. The van der Waals surface area contributed by atoms with Crippen LogP contribution in [0.3, 0.4) is 0 Å². The number of carbonyl (C=O) groups excluding carboxylic acids is 2. The number of carbonyl (C=O) groups is 2. The van der Waals surface area contributed by atoms with E-state index in [1.54, 1.807) is 35.4 Å². The molecule has 0 spiro atoms. The van der Waals surface area contributed by atoms with Crippen molar-refractivity contribution in [3.05, 3.63) is 80.6 Å². The van der Waals surface area contributed by atoms with Gasteiger partial charge in [-0.05, 0) is 23.9 Å². The Labute approximate surface area is 193 Å². The van der Waals surface area contributed by atoms with E-state index < -0.39 is 11.5 Å². The van der Waals surface area contributed by atoms with Crippen LogP contribution in [0.4, 0.5) is 0 Å². The molecule has 0 unspecified atom stereocenters. The number of aromatic nitrogens is 2. The number of rotatable bonds is 6. The first kappa shape index (κ1) is 22.3. The zero-order valence-corrected chi connectivity index (χ0v) is 18.8. The number of benzene rings is 1. The van der Waals surface area contributed by atoms with E-state index >= 15 is 0 Å². The van der Waals surface area contributed by atoms with Crippen molar-refractivity contribution >= 4 is 58.0 Å². The molecule has 0 radical (unpaired) electrons. The number of nitrogens with one attached hydrogen (secondary N) is 1. The van der Waals surface area contributed by atoms with Gasteiger partial charge in [0.25, 0.3) is 0 Å². The molecule has 3 aromatic heterocycles. The third-order valence-corrected chi connectivity index (χ3v) is 6.46. The summed E-state index contributed by atoms with van der Waals surface area (Å²) in [4.78, 5) is 50.5. The molecule has 0 saturated carbocycles. The van der Waals surface area contributed by atoms with Gasteiger partial charge in [-0.15, -0.1) is 11.3 Å². The van der Waals surface area contributed by atoms with Gasteiger partial charge in [0.15, 0.2) is 0 Å². The molecular weight excluding hydrogens is 439 g/mol. The van der Waals surface area contributed by atoms with Gasteiger partial charge in [0.2, 0.25) is 0 Å². The van der Waals surface area contributed by atoms with Gasteiger partial charge in [0.05, 0.1) is 6.54 Å². The first-order chi connectivity index (χ1) is 15.9. The molecule has 164 valence electrons. The molecule has 0 bridgehead atoms. The molecule has 1 amide bonds. The van der Waals surface area contributed by atoms with Crippen molar-refractivity contribution < 1.29 is 14.4 Å². The Kier molecular flexibility index (Phi) is 6.28. The van der Waals surface area contributed by atoms with Crippen molar-refractivity contribution in [3.63, 3.8) is 0 Å². The van der Waals surface area contributed by atoms with E-state index in [1.165, 1.54) is 34.0 Å². The molecule has 8 nitrogen and oxygen atoms in total. The average molecular weight is 458 g/mol. The quantitative estimate of drug-likeness (QED) is 0.271. The maximum absolute atomic E-state index is 12.7. The van der Waals surface area contributed by atoms with Crippen molar-refractivity contribution in [2.45, 2.75) is 13.5 Å². The minimum absolute atomic E-state index is 0.158. The first-order valence-electron chi connectivity index (χ1n) is 9.98. The maximum atomic E-state index is 12.7. The zero-order chi connectivity index (χ0) is 23.5. The summed E-state index contributed by atoms with van der Waals surface area (Å²) in [6.07, 6.45) is 4.63. The number of nitrogens with zero attached hydrogens (tertiary/aromatic N) is 3. The van der Waals surface area contributed by atoms with Gasteiger partial charge < -0.3 is 0 Å². The van der Waals surface area contributed by atoms with Crippen LogP contribution in [0.5, 0.6) is 0 Å². The molecule has 0 fully saturated rings. The van der Waals surface area contributed by atoms with Crippen LogP contribution in [-0.2, 0) is 16.2 Å². The topological polar surface area (TPSA) is 105 Å². The Bertz CT molecular complexity index is 1490. The van der Waals surface area contributed by atoms with Gasteiger partial charge >= 0.3 is 117 Å². The molecule has 4 rings (SSSR count). The second-order valence-corrected chi connectivity index (χ2v) is 8.54. The standard InChI is InChI=1S/C23H19BN4O4S/c1-13-16-5-3-4-6-18(16)33-19(13)12-28(2)20(29)8-7-14-9-15-10-17(23(31)32-27-24)22(30)26-21(15)25-11-14/h3-11,24H,12H2,1-2H3,(H,25,26,30)/b8-7+. The summed E-state index contributed by atoms with van der Waals surface area (Å²) >= 11 is 1.69. The van der Waals surface area contributed by atoms with E-state index in [1.807, 2.05) is 12.1 Å². The predicted octanol–water partition coefficient (Wildman–Crippen LogP) is 3.27. The average Bonchev–Trinajstić information content (AvgIpc) is 3.12. The summed E-state index contributed by atoms with van der Waals surface area (Å²) in [7, 11) is 4.82.